The van der Waals surface area contributed by atoms with E-state index in [-0.39, 0.29) is 5.41 Å². The molecule has 2 aromatic carbocycles. The fraction of sp³-hybridized carbons (Fsp3) is 0.500. The normalized spacial score (nSPS) is 11.5. The molecular formula is C26H35F3N2O. The molecule has 2 rings (SSSR count). The maximum atomic E-state index is 14.0. The van der Waals surface area contributed by atoms with Crippen molar-refractivity contribution in [2.45, 2.75) is 72.8 Å². The lowest BCUT2D eigenvalue weighted by atomic mass is 9.88. The molecular weight excluding hydrogens is 413 g/mol. The summed E-state index contributed by atoms with van der Waals surface area (Å²) in [6.45, 7) is 9.45. The van der Waals surface area contributed by atoms with Crippen molar-refractivity contribution in [2.24, 2.45) is 5.41 Å². The lowest BCUT2D eigenvalue weighted by molar-refractivity contribution is 0.207. The molecule has 0 heterocycles. The Kier molecular flexibility index (Phi) is 9.60. The van der Waals surface area contributed by atoms with Gasteiger partial charge in [0.05, 0.1) is 0 Å². The molecule has 0 atom stereocenters. The average molecular weight is 449 g/mol. The third-order valence-electron chi connectivity index (χ3n) is 5.19. The highest BCUT2D eigenvalue weighted by Crippen LogP contribution is 2.23. The van der Waals surface area contributed by atoms with Gasteiger partial charge in [-0.25, -0.2) is 18.0 Å². The maximum absolute atomic E-state index is 14.0. The van der Waals surface area contributed by atoms with Crippen molar-refractivity contribution < 1.29 is 18.0 Å². The Morgan fingerprint density at radius 3 is 2.03 bits per heavy atom. The van der Waals surface area contributed by atoms with Crippen LogP contribution in [0.4, 0.5) is 23.7 Å². The third-order valence-corrected chi connectivity index (χ3v) is 5.19. The summed E-state index contributed by atoms with van der Waals surface area (Å²) in [5, 5.41) is 2.29. The van der Waals surface area contributed by atoms with Crippen LogP contribution in [0.25, 0.3) is 0 Å². The van der Waals surface area contributed by atoms with Crippen molar-refractivity contribution in [1.29, 1.82) is 0 Å². The zero-order valence-corrected chi connectivity index (χ0v) is 19.6. The fourth-order valence-electron chi connectivity index (χ4n) is 3.60. The zero-order chi connectivity index (χ0) is 23.7. The lowest BCUT2D eigenvalue weighted by Crippen LogP contribution is -2.35. The predicted octanol–water partition coefficient (Wildman–Crippen LogP) is 7.70. The van der Waals surface area contributed by atoms with E-state index in [0.29, 0.717) is 25.2 Å². The van der Waals surface area contributed by atoms with Gasteiger partial charge in [-0.2, -0.15) is 0 Å². The van der Waals surface area contributed by atoms with E-state index in [4.69, 9.17) is 0 Å². The third kappa shape index (κ3) is 8.56. The number of benzene rings is 2. The fourth-order valence-corrected chi connectivity index (χ4v) is 3.60. The summed E-state index contributed by atoms with van der Waals surface area (Å²) in [5.41, 5.74) is 1.70. The molecule has 1 N–H and O–H groups in total. The summed E-state index contributed by atoms with van der Waals surface area (Å²) >= 11 is 0. The van der Waals surface area contributed by atoms with Gasteiger partial charge in [0.1, 0.15) is 11.5 Å². The highest BCUT2D eigenvalue weighted by molar-refractivity contribution is 5.89. The van der Waals surface area contributed by atoms with Crippen LogP contribution < -0.4 is 5.32 Å². The van der Waals surface area contributed by atoms with E-state index < -0.39 is 29.2 Å². The van der Waals surface area contributed by atoms with Crippen molar-refractivity contribution in [3.63, 3.8) is 0 Å². The van der Waals surface area contributed by atoms with Crippen LogP contribution in [0.15, 0.2) is 36.4 Å². The van der Waals surface area contributed by atoms with Gasteiger partial charge in [-0.1, -0.05) is 77.6 Å². The molecule has 0 bridgehead atoms. The molecule has 6 heteroatoms. The minimum absolute atomic E-state index is 0.176. The molecule has 0 radical (unpaired) electrons. The second kappa shape index (κ2) is 11.9. The van der Waals surface area contributed by atoms with Gasteiger partial charge in [-0.3, -0.25) is 0 Å². The summed E-state index contributed by atoms with van der Waals surface area (Å²) in [6.07, 6.45) is 6.04. The molecule has 176 valence electrons. The summed E-state index contributed by atoms with van der Waals surface area (Å²) in [4.78, 5) is 14.4. The van der Waals surface area contributed by atoms with Crippen LogP contribution in [0.2, 0.25) is 0 Å². The molecule has 0 fully saturated rings. The van der Waals surface area contributed by atoms with Crippen LogP contribution in [0.5, 0.6) is 0 Å². The first-order chi connectivity index (χ1) is 15.1. The molecule has 0 unspecified atom stereocenters. The van der Waals surface area contributed by atoms with Crippen LogP contribution >= 0.6 is 0 Å². The Bertz CT molecular complexity index is 853. The molecule has 32 heavy (non-hydrogen) atoms. The molecule has 0 aliphatic heterocycles. The smallest absolute Gasteiger partial charge is 0.320 e. The number of hydrogen-bond donors (Lipinski definition) is 1. The number of rotatable bonds is 10. The minimum Gasteiger partial charge on any atom is -0.320 e. The highest BCUT2D eigenvalue weighted by atomic mass is 19.1. The Labute approximate surface area is 190 Å². The van der Waals surface area contributed by atoms with Gasteiger partial charge in [0.25, 0.3) is 0 Å². The number of amides is 2. The van der Waals surface area contributed by atoms with Crippen LogP contribution in [-0.2, 0) is 13.0 Å². The van der Waals surface area contributed by atoms with E-state index >= 15 is 0 Å². The predicted molar refractivity (Wildman–Crippen MR) is 124 cm³/mol. The maximum Gasteiger partial charge on any atom is 0.322 e. The number of nitrogens with zero attached hydrogens (tertiary/aromatic N) is 1. The van der Waals surface area contributed by atoms with Crippen molar-refractivity contribution in [2.75, 3.05) is 11.9 Å². The van der Waals surface area contributed by atoms with E-state index in [0.717, 1.165) is 44.1 Å². The van der Waals surface area contributed by atoms with Crippen LogP contribution in [-0.4, -0.2) is 17.5 Å². The minimum atomic E-state index is -1.13. The van der Waals surface area contributed by atoms with E-state index in [1.807, 2.05) is 12.1 Å². The average Bonchev–Trinajstić information content (AvgIpc) is 2.69. The first kappa shape index (κ1) is 25.8. The van der Waals surface area contributed by atoms with Gasteiger partial charge in [0.15, 0.2) is 11.6 Å². The van der Waals surface area contributed by atoms with Crippen molar-refractivity contribution in [3.8, 4) is 0 Å². The standard InChI is InChI=1S/C26H35F3N2O/c1-5-6-7-8-9-14-31(18-20-12-10-19(11-13-20)17-26(2,3)4)25(32)30-24-22(28)15-21(27)16-23(24)29/h10-13,15-16H,5-9,14,17-18H2,1-4H3,(H,30,32). The first-order valence-corrected chi connectivity index (χ1v) is 11.4. The van der Waals surface area contributed by atoms with Gasteiger partial charge in [-0.05, 0) is 29.4 Å². The van der Waals surface area contributed by atoms with Gasteiger partial charge >= 0.3 is 6.03 Å². The molecule has 0 aliphatic rings. The van der Waals surface area contributed by atoms with Gasteiger partial charge in [0.2, 0.25) is 0 Å². The zero-order valence-electron chi connectivity index (χ0n) is 19.6. The number of carbonyl (C=O) groups is 1. The Hall–Kier alpha value is -2.50. The SMILES string of the molecule is CCCCCCCN(Cc1ccc(CC(C)(C)C)cc1)C(=O)Nc1c(F)cc(F)cc1F. The number of halogens is 3. The Balaban J connectivity index is 2.12. The number of hydrogen-bond acceptors (Lipinski definition) is 1. The quantitative estimate of drug-likeness (QED) is 0.371. The van der Waals surface area contributed by atoms with Gasteiger partial charge < -0.3 is 10.2 Å². The van der Waals surface area contributed by atoms with E-state index in [9.17, 15) is 18.0 Å². The molecule has 2 amide bonds. The summed E-state index contributed by atoms with van der Waals surface area (Å²) in [5.74, 6) is -3.29. The first-order valence-electron chi connectivity index (χ1n) is 11.4. The van der Waals surface area contributed by atoms with Crippen molar-refractivity contribution in [3.05, 3.63) is 65.0 Å². The highest BCUT2D eigenvalue weighted by Gasteiger charge is 2.19. The van der Waals surface area contributed by atoms with E-state index in [1.165, 1.54) is 5.56 Å². The van der Waals surface area contributed by atoms with Crippen LogP contribution in [0.3, 0.4) is 0 Å². The lowest BCUT2D eigenvalue weighted by Gasteiger charge is -2.24. The molecule has 0 aliphatic carbocycles. The van der Waals surface area contributed by atoms with Crippen LogP contribution in [0, 0.1) is 22.9 Å². The summed E-state index contributed by atoms with van der Waals surface area (Å²) in [6, 6.07) is 8.58. The number of anilines is 1. The second-order valence-corrected chi connectivity index (χ2v) is 9.56. The Morgan fingerprint density at radius 1 is 0.906 bits per heavy atom. The molecule has 3 nitrogen and oxygen atoms in total. The van der Waals surface area contributed by atoms with E-state index in [2.05, 4.69) is 45.1 Å². The Morgan fingerprint density at radius 2 is 1.47 bits per heavy atom. The second-order valence-electron chi connectivity index (χ2n) is 9.56. The monoisotopic (exact) mass is 448 g/mol. The van der Waals surface area contributed by atoms with Crippen LogP contribution in [0.1, 0.15) is 70.9 Å². The van der Waals surface area contributed by atoms with Crippen molar-refractivity contribution in [1.82, 2.24) is 4.90 Å². The largest absolute Gasteiger partial charge is 0.322 e. The number of carbonyl (C=O) groups excluding carboxylic acids is 1. The molecule has 0 spiro atoms. The van der Waals surface area contributed by atoms with Gasteiger partial charge in [0, 0.05) is 25.2 Å². The number of unbranched alkanes of at least 4 members (excludes halogenated alkanes) is 4. The summed E-state index contributed by atoms with van der Waals surface area (Å²) in [7, 11) is 0. The van der Waals surface area contributed by atoms with Gasteiger partial charge in [-0.15, -0.1) is 0 Å². The van der Waals surface area contributed by atoms with Crippen molar-refractivity contribution >= 4 is 11.7 Å². The van der Waals surface area contributed by atoms with E-state index in [1.54, 1.807) is 4.90 Å². The molecule has 2 aromatic rings. The molecule has 0 saturated heterocycles. The number of urea groups is 1. The topological polar surface area (TPSA) is 32.3 Å². The molecule has 0 aromatic heterocycles. The molecule has 0 saturated carbocycles. The number of nitrogens with one attached hydrogen (secondary N) is 1. The summed E-state index contributed by atoms with van der Waals surface area (Å²) < 4.78 is 41.2.